The highest BCUT2D eigenvalue weighted by Crippen LogP contribution is 2.34. The first-order chi connectivity index (χ1) is 14.6. The molecular formula is C23H24ClN3O3. The standard InChI is InChI=1S/C23H24ClN3O3/c1-25-9-12-30-21-8-7-19(14-22(21)29-2)27-11-10-26-15-17(13-20(26)23(27)28)16-3-5-18(24)6-4-16/h3-8,13-15,25H,9-12H2,1-2H3. The molecule has 0 atom stereocenters. The van der Waals surface area contributed by atoms with Crippen molar-refractivity contribution in [2.24, 2.45) is 0 Å². The number of nitrogens with zero attached hydrogens (tertiary/aromatic N) is 2. The average Bonchev–Trinajstić information content (AvgIpc) is 3.20. The lowest BCUT2D eigenvalue weighted by atomic mass is 10.1. The summed E-state index contributed by atoms with van der Waals surface area (Å²) in [5.41, 5.74) is 3.49. The first kappa shape index (κ1) is 20.3. The zero-order chi connectivity index (χ0) is 21.1. The summed E-state index contributed by atoms with van der Waals surface area (Å²) in [5, 5.41) is 3.73. The molecular weight excluding hydrogens is 402 g/mol. The van der Waals surface area contributed by atoms with Gasteiger partial charge in [-0.25, -0.2) is 0 Å². The molecule has 1 aliphatic rings. The van der Waals surface area contributed by atoms with Gasteiger partial charge in [0.2, 0.25) is 0 Å². The van der Waals surface area contributed by atoms with E-state index in [-0.39, 0.29) is 5.91 Å². The zero-order valence-corrected chi connectivity index (χ0v) is 17.8. The largest absolute Gasteiger partial charge is 0.493 e. The quantitative estimate of drug-likeness (QED) is 0.579. The molecule has 2 heterocycles. The van der Waals surface area contributed by atoms with Crippen LogP contribution in [0.15, 0.2) is 54.7 Å². The molecule has 0 saturated heterocycles. The Morgan fingerprint density at radius 2 is 1.83 bits per heavy atom. The van der Waals surface area contributed by atoms with E-state index in [1.54, 1.807) is 12.0 Å². The van der Waals surface area contributed by atoms with E-state index in [0.29, 0.717) is 35.4 Å². The van der Waals surface area contributed by atoms with Crippen molar-refractivity contribution in [2.45, 2.75) is 6.54 Å². The third-order valence-electron chi connectivity index (χ3n) is 5.17. The molecule has 3 aromatic rings. The maximum Gasteiger partial charge on any atom is 0.274 e. The molecule has 156 valence electrons. The molecule has 0 unspecified atom stereocenters. The summed E-state index contributed by atoms with van der Waals surface area (Å²) in [6.07, 6.45) is 2.02. The number of fused-ring (bicyclic) bond motifs is 1. The molecule has 0 fully saturated rings. The number of nitrogens with one attached hydrogen (secondary N) is 1. The summed E-state index contributed by atoms with van der Waals surface area (Å²) >= 11 is 5.99. The molecule has 1 aliphatic heterocycles. The lowest BCUT2D eigenvalue weighted by molar-refractivity contribution is 0.0965. The highest BCUT2D eigenvalue weighted by molar-refractivity contribution is 6.30. The van der Waals surface area contributed by atoms with Crippen molar-refractivity contribution in [3.8, 4) is 22.6 Å². The van der Waals surface area contributed by atoms with Crippen molar-refractivity contribution < 1.29 is 14.3 Å². The highest BCUT2D eigenvalue weighted by atomic mass is 35.5. The van der Waals surface area contributed by atoms with Gasteiger partial charge in [-0.05, 0) is 42.9 Å². The van der Waals surface area contributed by atoms with E-state index >= 15 is 0 Å². The van der Waals surface area contributed by atoms with Gasteiger partial charge >= 0.3 is 0 Å². The highest BCUT2D eigenvalue weighted by Gasteiger charge is 2.27. The number of aromatic nitrogens is 1. The summed E-state index contributed by atoms with van der Waals surface area (Å²) in [4.78, 5) is 15.0. The normalized spacial score (nSPS) is 13.3. The summed E-state index contributed by atoms with van der Waals surface area (Å²) in [6, 6.07) is 15.2. The minimum absolute atomic E-state index is 0.0348. The predicted molar refractivity (Wildman–Crippen MR) is 119 cm³/mol. The van der Waals surface area contributed by atoms with Gasteiger partial charge in [-0.1, -0.05) is 23.7 Å². The van der Waals surface area contributed by atoms with Gasteiger partial charge in [0, 0.05) is 48.2 Å². The monoisotopic (exact) mass is 425 g/mol. The lowest BCUT2D eigenvalue weighted by Crippen LogP contribution is -2.39. The average molecular weight is 426 g/mol. The number of benzene rings is 2. The minimum atomic E-state index is -0.0348. The second kappa shape index (κ2) is 8.81. The molecule has 30 heavy (non-hydrogen) atoms. The van der Waals surface area contributed by atoms with Crippen LogP contribution in [0.3, 0.4) is 0 Å². The van der Waals surface area contributed by atoms with E-state index in [0.717, 1.165) is 29.9 Å². The van der Waals surface area contributed by atoms with Crippen LogP contribution in [0.1, 0.15) is 10.5 Å². The second-order valence-electron chi connectivity index (χ2n) is 7.06. The number of hydrogen-bond donors (Lipinski definition) is 1. The van der Waals surface area contributed by atoms with E-state index in [4.69, 9.17) is 21.1 Å². The third kappa shape index (κ3) is 4.01. The van der Waals surface area contributed by atoms with Crippen LogP contribution in [0.4, 0.5) is 5.69 Å². The van der Waals surface area contributed by atoms with Crippen LogP contribution in [0.5, 0.6) is 11.5 Å². The van der Waals surface area contributed by atoms with Crippen molar-refractivity contribution in [1.82, 2.24) is 9.88 Å². The second-order valence-corrected chi connectivity index (χ2v) is 7.49. The van der Waals surface area contributed by atoms with Crippen molar-refractivity contribution >= 4 is 23.2 Å². The van der Waals surface area contributed by atoms with Crippen molar-refractivity contribution in [3.05, 3.63) is 65.4 Å². The van der Waals surface area contributed by atoms with Gasteiger partial charge in [-0.3, -0.25) is 4.79 Å². The first-order valence-corrected chi connectivity index (χ1v) is 10.2. The van der Waals surface area contributed by atoms with E-state index in [2.05, 4.69) is 5.32 Å². The molecule has 2 aromatic carbocycles. The molecule has 4 rings (SSSR count). The molecule has 0 radical (unpaired) electrons. The maximum atomic E-state index is 13.2. The summed E-state index contributed by atoms with van der Waals surface area (Å²) in [5.74, 6) is 1.24. The van der Waals surface area contributed by atoms with Gasteiger partial charge in [0.25, 0.3) is 5.91 Å². The fourth-order valence-electron chi connectivity index (χ4n) is 3.58. The Kier molecular flexibility index (Phi) is 5.97. The number of anilines is 1. The maximum absolute atomic E-state index is 13.2. The van der Waals surface area contributed by atoms with E-state index in [1.807, 2.05) is 66.3 Å². The molecule has 0 spiro atoms. The first-order valence-electron chi connectivity index (χ1n) is 9.84. The van der Waals surface area contributed by atoms with Gasteiger partial charge in [0.15, 0.2) is 11.5 Å². The van der Waals surface area contributed by atoms with Gasteiger partial charge in [-0.2, -0.15) is 0 Å². The molecule has 1 N–H and O–H groups in total. The molecule has 0 saturated carbocycles. The Morgan fingerprint density at radius 1 is 1.03 bits per heavy atom. The Bertz CT molecular complexity index is 1050. The van der Waals surface area contributed by atoms with Crippen molar-refractivity contribution in [3.63, 3.8) is 0 Å². The molecule has 0 aliphatic carbocycles. The molecule has 0 bridgehead atoms. The van der Waals surface area contributed by atoms with E-state index < -0.39 is 0 Å². The van der Waals surface area contributed by atoms with E-state index in [1.165, 1.54) is 0 Å². The van der Waals surface area contributed by atoms with Gasteiger partial charge in [0.05, 0.1) is 7.11 Å². The van der Waals surface area contributed by atoms with Crippen LogP contribution in [-0.2, 0) is 6.54 Å². The SMILES string of the molecule is CNCCOc1ccc(N2CCn3cc(-c4ccc(Cl)cc4)cc3C2=O)cc1OC. The fourth-order valence-corrected chi connectivity index (χ4v) is 3.70. The molecule has 6 nitrogen and oxygen atoms in total. The van der Waals surface area contributed by atoms with Gasteiger partial charge in [0.1, 0.15) is 12.3 Å². The summed E-state index contributed by atoms with van der Waals surface area (Å²) in [6.45, 7) is 2.58. The van der Waals surface area contributed by atoms with Crippen LogP contribution < -0.4 is 19.7 Å². The van der Waals surface area contributed by atoms with Crippen LogP contribution in [0.25, 0.3) is 11.1 Å². The Morgan fingerprint density at radius 3 is 2.57 bits per heavy atom. The van der Waals surface area contributed by atoms with Crippen LogP contribution in [0, 0.1) is 0 Å². The number of ether oxygens (including phenoxy) is 2. The summed E-state index contributed by atoms with van der Waals surface area (Å²) < 4.78 is 13.2. The van der Waals surface area contributed by atoms with Crippen LogP contribution >= 0.6 is 11.6 Å². The zero-order valence-electron chi connectivity index (χ0n) is 17.0. The fraction of sp³-hybridized carbons (Fsp3) is 0.261. The number of likely N-dealkylation sites (N-methyl/N-ethyl adjacent to an activating group) is 1. The van der Waals surface area contributed by atoms with Crippen molar-refractivity contribution in [1.29, 1.82) is 0 Å². The molecule has 1 aromatic heterocycles. The number of amides is 1. The molecule has 1 amide bonds. The number of rotatable bonds is 7. The van der Waals surface area contributed by atoms with Gasteiger partial charge in [-0.15, -0.1) is 0 Å². The Balaban J connectivity index is 1.58. The van der Waals surface area contributed by atoms with E-state index in [9.17, 15) is 4.79 Å². The minimum Gasteiger partial charge on any atom is -0.493 e. The van der Waals surface area contributed by atoms with Gasteiger partial charge < -0.3 is 24.3 Å². The lowest BCUT2D eigenvalue weighted by Gasteiger charge is -2.28. The van der Waals surface area contributed by atoms with Crippen LogP contribution in [-0.4, -0.2) is 44.3 Å². The predicted octanol–water partition coefficient (Wildman–Crippen LogP) is 4.08. The number of methoxy groups -OCH3 is 1. The van der Waals surface area contributed by atoms with Crippen LogP contribution in [0.2, 0.25) is 5.02 Å². The third-order valence-corrected chi connectivity index (χ3v) is 5.42. The Hall–Kier alpha value is -2.96. The number of hydrogen-bond acceptors (Lipinski definition) is 4. The number of halogens is 1. The Labute approximate surface area is 181 Å². The van der Waals surface area contributed by atoms with Crippen molar-refractivity contribution in [2.75, 3.05) is 38.8 Å². The number of carbonyl (C=O) groups excluding carboxylic acids is 1. The summed E-state index contributed by atoms with van der Waals surface area (Å²) in [7, 11) is 3.48. The number of carbonyl (C=O) groups is 1. The topological polar surface area (TPSA) is 55.7 Å². The smallest absolute Gasteiger partial charge is 0.274 e. The molecule has 7 heteroatoms.